The number of hydrogen-bond donors (Lipinski definition) is 1. The second kappa shape index (κ2) is 7.75. The van der Waals surface area contributed by atoms with Crippen molar-refractivity contribution >= 4 is 39.6 Å². The van der Waals surface area contributed by atoms with E-state index < -0.39 is 0 Å². The summed E-state index contributed by atoms with van der Waals surface area (Å²) >= 11 is 0. The van der Waals surface area contributed by atoms with Crippen LogP contribution in [-0.4, -0.2) is 44.8 Å². The second-order valence-corrected chi connectivity index (χ2v) is 9.52. The van der Waals surface area contributed by atoms with E-state index in [1.54, 1.807) is 30.6 Å². The Labute approximate surface area is 207 Å². The molecule has 0 bridgehead atoms. The van der Waals surface area contributed by atoms with Gasteiger partial charge in [0.25, 0.3) is 11.8 Å². The lowest BCUT2D eigenvalue weighted by atomic mass is 9.92. The van der Waals surface area contributed by atoms with Crippen molar-refractivity contribution in [2.75, 3.05) is 18.0 Å². The highest BCUT2D eigenvalue weighted by atomic mass is 16.2. The molecule has 3 aromatic carbocycles. The molecule has 1 atom stereocenters. The van der Waals surface area contributed by atoms with Gasteiger partial charge in [0, 0.05) is 17.4 Å². The number of rotatable bonds is 3. The van der Waals surface area contributed by atoms with E-state index in [0.717, 1.165) is 39.7 Å². The molecule has 1 N–H and O–H groups in total. The Morgan fingerprint density at radius 2 is 1.69 bits per heavy atom. The highest BCUT2D eigenvalue weighted by Crippen LogP contribution is 2.38. The van der Waals surface area contributed by atoms with Crippen LogP contribution >= 0.6 is 0 Å². The van der Waals surface area contributed by atoms with Gasteiger partial charge < -0.3 is 9.88 Å². The Morgan fingerprint density at radius 3 is 2.50 bits per heavy atom. The van der Waals surface area contributed by atoms with E-state index in [-0.39, 0.29) is 24.4 Å². The van der Waals surface area contributed by atoms with Crippen molar-refractivity contribution in [2.45, 2.75) is 19.4 Å². The summed E-state index contributed by atoms with van der Waals surface area (Å²) in [6.45, 7) is 3.03. The van der Waals surface area contributed by atoms with Crippen molar-refractivity contribution in [2.24, 2.45) is 0 Å². The molecule has 0 saturated carbocycles. The number of aryl methyl sites for hydroxylation is 1. The van der Waals surface area contributed by atoms with Crippen LogP contribution in [0.3, 0.4) is 0 Å². The zero-order valence-electron chi connectivity index (χ0n) is 19.7. The summed E-state index contributed by atoms with van der Waals surface area (Å²) in [5, 5.41) is 1.06. The maximum Gasteiger partial charge on any atom is 0.261 e. The van der Waals surface area contributed by atoms with Gasteiger partial charge >= 0.3 is 0 Å². The van der Waals surface area contributed by atoms with Crippen molar-refractivity contribution in [3.8, 4) is 0 Å². The monoisotopic (exact) mass is 473 g/mol. The van der Waals surface area contributed by atoms with E-state index in [2.05, 4.69) is 52.1 Å². The van der Waals surface area contributed by atoms with Crippen molar-refractivity contribution in [3.63, 3.8) is 0 Å². The molecule has 7 rings (SSSR count). The number of hydrogen-bond acceptors (Lipinski definition) is 5. The summed E-state index contributed by atoms with van der Waals surface area (Å²) in [5.41, 5.74) is 7.18. The number of anilines is 1. The molecule has 0 spiro atoms. The Hall–Kier alpha value is -4.52. The molecule has 0 radical (unpaired) electrons. The maximum absolute atomic E-state index is 13.3. The van der Waals surface area contributed by atoms with Gasteiger partial charge in [0.2, 0.25) is 0 Å². The summed E-state index contributed by atoms with van der Waals surface area (Å²) in [7, 11) is 0. The maximum atomic E-state index is 13.3. The van der Waals surface area contributed by atoms with E-state index in [9.17, 15) is 9.59 Å². The molecule has 1 unspecified atom stereocenters. The van der Waals surface area contributed by atoms with Gasteiger partial charge in [-0.3, -0.25) is 14.5 Å². The SMILES string of the molecule is Cc1ccc2[nH]c3c(N4CCc5ccccc5C4CN4C(=O)c5ccccc5C4=O)ncnc3c2c1. The van der Waals surface area contributed by atoms with Gasteiger partial charge in [0.05, 0.1) is 23.7 Å². The molecule has 36 heavy (non-hydrogen) atoms. The molecule has 2 aromatic heterocycles. The third-order valence-corrected chi connectivity index (χ3v) is 7.44. The minimum absolute atomic E-state index is 0.233. The quantitative estimate of drug-likeness (QED) is 0.380. The Bertz CT molecular complexity index is 1670. The van der Waals surface area contributed by atoms with Crippen LogP contribution in [0.4, 0.5) is 5.82 Å². The number of H-pyrrole nitrogens is 1. The van der Waals surface area contributed by atoms with Gasteiger partial charge in [-0.25, -0.2) is 9.97 Å². The van der Waals surface area contributed by atoms with Gasteiger partial charge in [-0.15, -0.1) is 0 Å². The predicted octanol–water partition coefficient (Wildman–Crippen LogP) is 4.82. The van der Waals surface area contributed by atoms with Crippen LogP contribution in [0.25, 0.3) is 21.9 Å². The van der Waals surface area contributed by atoms with Gasteiger partial charge in [-0.1, -0.05) is 48.0 Å². The molecule has 0 saturated heterocycles. The lowest BCUT2D eigenvalue weighted by Crippen LogP contribution is -2.44. The first-order valence-corrected chi connectivity index (χ1v) is 12.1. The highest BCUT2D eigenvalue weighted by molar-refractivity contribution is 6.21. The third kappa shape index (κ3) is 2.99. The average molecular weight is 474 g/mol. The first-order chi connectivity index (χ1) is 17.6. The number of aromatic nitrogens is 3. The van der Waals surface area contributed by atoms with Crippen LogP contribution in [0, 0.1) is 6.92 Å². The lowest BCUT2D eigenvalue weighted by Gasteiger charge is -2.39. The zero-order valence-corrected chi connectivity index (χ0v) is 19.7. The fourth-order valence-electron chi connectivity index (χ4n) is 5.69. The number of benzene rings is 3. The largest absolute Gasteiger partial charge is 0.350 e. The summed E-state index contributed by atoms with van der Waals surface area (Å²) < 4.78 is 0. The van der Waals surface area contributed by atoms with Crippen LogP contribution in [0.2, 0.25) is 0 Å². The molecular weight excluding hydrogens is 450 g/mol. The summed E-state index contributed by atoms with van der Waals surface area (Å²) in [4.78, 5) is 43.0. The smallest absolute Gasteiger partial charge is 0.261 e. The number of fused-ring (bicyclic) bond motifs is 5. The second-order valence-electron chi connectivity index (χ2n) is 9.52. The predicted molar refractivity (Wildman–Crippen MR) is 138 cm³/mol. The molecule has 7 nitrogen and oxygen atoms in total. The molecule has 2 amide bonds. The number of carbonyl (C=O) groups is 2. The van der Waals surface area contributed by atoms with Gasteiger partial charge in [0.15, 0.2) is 5.82 Å². The third-order valence-electron chi connectivity index (χ3n) is 7.44. The zero-order chi connectivity index (χ0) is 24.4. The number of nitrogens with zero attached hydrogens (tertiary/aromatic N) is 4. The van der Waals surface area contributed by atoms with E-state index in [4.69, 9.17) is 4.98 Å². The van der Waals surface area contributed by atoms with E-state index in [0.29, 0.717) is 17.7 Å². The minimum atomic E-state index is -0.243. The normalized spacial score (nSPS) is 17.2. The highest BCUT2D eigenvalue weighted by Gasteiger charge is 2.40. The number of imide groups is 1. The van der Waals surface area contributed by atoms with Crippen molar-refractivity contribution in [1.29, 1.82) is 0 Å². The number of nitrogens with one attached hydrogen (secondary N) is 1. The number of carbonyl (C=O) groups excluding carboxylic acids is 2. The molecule has 2 aliphatic heterocycles. The van der Waals surface area contributed by atoms with Crippen LogP contribution < -0.4 is 4.90 Å². The lowest BCUT2D eigenvalue weighted by molar-refractivity contribution is 0.0642. The Morgan fingerprint density at radius 1 is 0.944 bits per heavy atom. The van der Waals surface area contributed by atoms with E-state index >= 15 is 0 Å². The Balaban J connectivity index is 1.36. The van der Waals surface area contributed by atoms with E-state index in [1.807, 2.05) is 12.1 Å². The van der Waals surface area contributed by atoms with Gasteiger partial charge in [0.1, 0.15) is 17.4 Å². The molecule has 176 valence electrons. The van der Waals surface area contributed by atoms with Gasteiger partial charge in [-0.2, -0.15) is 0 Å². The number of aromatic amines is 1. The fraction of sp³-hybridized carbons (Fsp3) is 0.172. The van der Waals surface area contributed by atoms with Crippen molar-refractivity contribution < 1.29 is 9.59 Å². The van der Waals surface area contributed by atoms with Crippen LogP contribution in [0.5, 0.6) is 0 Å². The molecule has 0 aliphatic carbocycles. The van der Waals surface area contributed by atoms with Crippen molar-refractivity contribution in [3.05, 3.63) is 101 Å². The molecule has 2 aliphatic rings. The van der Waals surface area contributed by atoms with E-state index in [1.165, 1.54) is 16.0 Å². The topological polar surface area (TPSA) is 82.2 Å². The molecular formula is C29H23N5O2. The summed E-state index contributed by atoms with van der Waals surface area (Å²) in [6, 6.07) is 21.4. The van der Waals surface area contributed by atoms with Crippen LogP contribution in [0.15, 0.2) is 73.1 Å². The molecule has 4 heterocycles. The standard InChI is InChI=1S/C29H23N5O2/c1-17-10-11-23-22(14-17)25-26(32-23)27(31-16-30-25)33-13-12-18-6-2-3-7-19(18)24(33)15-34-28(35)20-8-4-5-9-21(20)29(34)36/h2-11,14,16,24,32H,12-13,15H2,1H3. The fourth-order valence-corrected chi connectivity index (χ4v) is 5.69. The minimum Gasteiger partial charge on any atom is -0.350 e. The average Bonchev–Trinajstić information content (AvgIpc) is 3.39. The Kier molecular flexibility index (Phi) is 4.48. The van der Waals surface area contributed by atoms with Gasteiger partial charge in [-0.05, 0) is 48.7 Å². The molecule has 0 fully saturated rings. The van der Waals surface area contributed by atoms with Crippen LogP contribution in [-0.2, 0) is 6.42 Å². The van der Waals surface area contributed by atoms with Crippen LogP contribution in [0.1, 0.15) is 43.4 Å². The first kappa shape index (κ1) is 20.8. The molecule has 5 aromatic rings. The summed E-state index contributed by atoms with van der Waals surface area (Å²) in [6.07, 6.45) is 2.45. The number of amides is 2. The summed E-state index contributed by atoms with van der Waals surface area (Å²) in [5.74, 6) is 0.296. The first-order valence-electron chi connectivity index (χ1n) is 12.1. The van der Waals surface area contributed by atoms with Crippen molar-refractivity contribution in [1.82, 2.24) is 19.9 Å². The molecule has 7 heteroatoms.